The second-order valence-electron chi connectivity index (χ2n) is 4.75. The monoisotopic (exact) mass is 240 g/mol. The number of hydrogen-bond acceptors (Lipinski definition) is 2. The van der Waals surface area contributed by atoms with Crippen molar-refractivity contribution in [2.45, 2.75) is 13.8 Å². The fourth-order valence-electron chi connectivity index (χ4n) is 2.51. The van der Waals surface area contributed by atoms with Crippen LogP contribution in [0.25, 0.3) is 22.2 Å². The number of hydrogen-bond donors (Lipinski definition) is 2. The third-order valence-electron chi connectivity index (χ3n) is 3.35. The number of nitrogens with zero attached hydrogens (tertiary/aromatic N) is 2. The summed E-state index contributed by atoms with van der Waals surface area (Å²) in [6, 6.07) is 6.39. The van der Waals surface area contributed by atoms with E-state index in [4.69, 9.17) is 5.73 Å². The van der Waals surface area contributed by atoms with E-state index in [1.807, 2.05) is 11.7 Å². The summed E-state index contributed by atoms with van der Waals surface area (Å²) < 4.78 is 1.83. The maximum atomic E-state index is 6.03. The van der Waals surface area contributed by atoms with E-state index in [-0.39, 0.29) is 0 Å². The van der Waals surface area contributed by atoms with Crippen LogP contribution in [0, 0.1) is 13.8 Å². The van der Waals surface area contributed by atoms with E-state index < -0.39 is 0 Å². The molecule has 0 saturated heterocycles. The lowest BCUT2D eigenvalue weighted by Gasteiger charge is -2.04. The maximum absolute atomic E-state index is 6.03. The first-order valence-electron chi connectivity index (χ1n) is 5.94. The number of aromatic amines is 1. The Morgan fingerprint density at radius 1 is 1.28 bits per heavy atom. The second-order valence-corrected chi connectivity index (χ2v) is 4.75. The van der Waals surface area contributed by atoms with Gasteiger partial charge in [-0.25, -0.2) is 0 Å². The Kier molecular flexibility index (Phi) is 2.20. The molecule has 3 aromatic rings. The molecule has 0 fully saturated rings. The van der Waals surface area contributed by atoms with Crippen molar-refractivity contribution < 1.29 is 0 Å². The number of nitrogens with two attached hydrogens (primary N) is 1. The molecule has 0 radical (unpaired) electrons. The van der Waals surface area contributed by atoms with Gasteiger partial charge in [-0.05, 0) is 26.0 Å². The zero-order valence-electron chi connectivity index (χ0n) is 10.8. The van der Waals surface area contributed by atoms with E-state index in [0.717, 1.165) is 22.5 Å². The van der Waals surface area contributed by atoms with Gasteiger partial charge >= 0.3 is 0 Å². The molecule has 0 amide bonds. The van der Waals surface area contributed by atoms with Gasteiger partial charge in [-0.15, -0.1) is 0 Å². The molecule has 3 N–H and O–H groups in total. The first-order valence-corrected chi connectivity index (χ1v) is 5.94. The van der Waals surface area contributed by atoms with E-state index in [9.17, 15) is 0 Å². The van der Waals surface area contributed by atoms with Crippen molar-refractivity contribution in [2.75, 3.05) is 5.73 Å². The van der Waals surface area contributed by atoms with Crippen LogP contribution in [0.2, 0.25) is 0 Å². The summed E-state index contributed by atoms with van der Waals surface area (Å²) >= 11 is 0. The van der Waals surface area contributed by atoms with Crippen molar-refractivity contribution >= 4 is 16.6 Å². The van der Waals surface area contributed by atoms with Crippen molar-refractivity contribution in [3.05, 3.63) is 35.7 Å². The van der Waals surface area contributed by atoms with Crippen LogP contribution in [0.1, 0.15) is 11.3 Å². The summed E-state index contributed by atoms with van der Waals surface area (Å²) in [5.41, 5.74) is 12.4. The molecule has 0 saturated carbocycles. The molecule has 0 aliphatic rings. The summed E-state index contributed by atoms with van der Waals surface area (Å²) in [5, 5.41) is 5.42. The van der Waals surface area contributed by atoms with Crippen LogP contribution in [0.3, 0.4) is 0 Å². The van der Waals surface area contributed by atoms with Crippen LogP contribution in [0.4, 0.5) is 5.69 Å². The molecule has 2 aromatic heterocycles. The van der Waals surface area contributed by atoms with Crippen LogP contribution in [-0.2, 0) is 7.05 Å². The summed E-state index contributed by atoms with van der Waals surface area (Å²) in [4.78, 5) is 3.40. The summed E-state index contributed by atoms with van der Waals surface area (Å²) in [5.74, 6) is 0. The largest absolute Gasteiger partial charge is 0.396 e. The molecule has 18 heavy (non-hydrogen) atoms. The minimum Gasteiger partial charge on any atom is -0.396 e. The molecular formula is C14H16N4. The third kappa shape index (κ3) is 1.42. The SMILES string of the molecule is Cc1ccc2[nH]c(C)c(-c3c(N)cnn3C)c2c1. The molecule has 2 heterocycles. The fraction of sp³-hybridized carbons (Fsp3) is 0.214. The Labute approximate surface area is 105 Å². The van der Waals surface area contributed by atoms with Crippen LogP contribution in [-0.4, -0.2) is 14.8 Å². The topological polar surface area (TPSA) is 59.6 Å². The van der Waals surface area contributed by atoms with Crippen LogP contribution in [0.5, 0.6) is 0 Å². The molecule has 0 aliphatic heterocycles. The second kappa shape index (κ2) is 3.63. The number of fused-ring (bicyclic) bond motifs is 1. The Hall–Kier alpha value is -2.23. The van der Waals surface area contributed by atoms with Gasteiger partial charge in [0.2, 0.25) is 0 Å². The quantitative estimate of drug-likeness (QED) is 0.687. The van der Waals surface area contributed by atoms with E-state index in [0.29, 0.717) is 5.69 Å². The lowest BCUT2D eigenvalue weighted by molar-refractivity contribution is 0.776. The highest BCUT2D eigenvalue weighted by molar-refractivity contribution is 5.99. The van der Waals surface area contributed by atoms with Gasteiger partial charge in [0, 0.05) is 29.2 Å². The summed E-state index contributed by atoms with van der Waals surface area (Å²) in [7, 11) is 1.92. The Morgan fingerprint density at radius 3 is 2.72 bits per heavy atom. The van der Waals surface area contributed by atoms with Gasteiger partial charge < -0.3 is 10.7 Å². The molecule has 0 aliphatic carbocycles. The Bertz CT molecular complexity index is 714. The van der Waals surface area contributed by atoms with Crippen molar-refractivity contribution in [2.24, 2.45) is 7.05 Å². The molecule has 3 rings (SSSR count). The summed E-state index contributed by atoms with van der Waals surface area (Å²) in [6.45, 7) is 4.16. The predicted octanol–water partition coefficient (Wildman–Crippen LogP) is 2.77. The van der Waals surface area contributed by atoms with E-state index in [1.54, 1.807) is 6.20 Å². The molecule has 4 heteroatoms. The molecule has 4 nitrogen and oxygen atoms in total. The van der Waals surface area contributed by atoms with E-state index in [2.05, 4.69) is 42.1 Å². The van der Waals surface area contributed by atoms with Crippen molar-refractivity contribution in [1.82, 2.24) is 14.8 Å². The van der Waals surface area contributed by atoms with Gasteiger partial charge in [0.1, 0.15) is 0 Å². The average Bonchev–Trinajstić information content (AvgIpc) is 2.80. The standard InChI is InChI=1S/C14H16N4/c1-8-4-5-12-10(6-8)13(9(2)17-12)14-11(15)7-16-18(14)3/h4-7,17H,15H2,1-3H3. The van der Waals surface area contributed by atoms with Crippen LogP contribution >= 0.6 is 0 Å². The smallest absolute Gasteiger partial charge is 0.0932 e. The van der Waals surface area contributed by atoms with Crippen molar-refractivity contribution in [1.29, 1.82) is 0 Å². The van der Waals surface area contributed by atoms with Crippen molar-refractivity contribution in [3.8, 4) is 11.3 Å². The summed E-state index contributed by atoms with van der Waals surface area (Å²) in [6.07, 6.45) is 1.70. The Morgan fingerprint density at radius 2 is 2.06 bits per heavy atom. The number of nitrogens with one attached hydrogen (secondary N) is 1. The van der Waals surface area contributed by atoms with Crippen molar-refractivity contribution in [3.63, 3.8) is 0 Å². The highest BCUT2D eigenvalue weighted by atomic mass is 15.3. The number of nitrogen functional groups attached to an aromatic ring is 1. The van der Waals surface area contributed by atoms with Crippen LogP contribution in [0.15, 0.2) is 24.4 Å². The molecular weight excluding hydrogens is 224 g/mol. The molecule has 1 aromatic carbocycles. The van der Waals surface area contributed by atoms with Crippen LogP contribution < -0.4 is 5.73 Å². The lowest BCUT2D eigenvalue weighted by Crippen LogP contribution is -1.96. The molecule has 0 spiro atoms. The normalized spacial score (nSPS) is 11.3. The number of rotatable bonds is 1. The van der Waals surface area contributed by atoms with Gasteiger partial charge in [0.05, 0.1) is 17.6 Å². The number of anilines is 1. The minimum atomic E-state index is 0.711. The highest BCUT2D eigenvalue weighted by Crippen LogP contribution is 2.35. The number of aromatic nitrogens is 3. The van der Waals surface area contributed by atoms with Gasteiger partial charge in [0.15, 0.2) is 0 Å². The maximum Gasteiger partial charge on any atom is 0.0932 e. The number of benzene rings is 1. The Balaban J connectivity index is 2.41. The number of H-pyrrole nitrogens is 1. The van der Waals surface area contributed by atoms with Gasteiger partial charge in [-0.3, -0.25) is 4.68 Å². The molecule has 0 bridgehead atoms. The molecule has 92 valence electrons. The van der Waals surface area contributed by atoms with Gasteiger partial charge in [-0.1, -0.05) is 11.6 Å². The highest BCUT2D eigenvalue weighted by Gasteiger charge is 2.16. The zero-order chi connectivity index (χ0) is 12.9. The third-order valence-corrected chi connectivity index (χ3v) is 3.35. The zero-order valence-corrected chi connectivity index (χ0v) is 10.8. The predicted molar refractivity (Wildman–Crippen MR) is 74.4 cm³/mol. The van der Waals surface area contributed by atoms with E-state index in [1.165, 1.54) is 10.9 Å². The number of aryl methyl sites for hydroxylation is 3. The first kappa shape index (κ1) is 10.9. The average molecular weight is 240 g/mol. The minimum absolute atomic E-state index is 0.711. The van der Waals surface area contributed by atoms with E-state index >= 15 is 0 Å². The fourth-order valence-corrected chi connectivity index (χ4v) is 2.51. The molecule has 0 atom stereocenters. The van der Waals surface area contributed by atoms with Gasteiger partial charge in [-0.2, -0.15) is 5.10 Å². The lowest BCUT2D eigenvalue weighted by atomic mass is 10.1. The van der Waals surface area contributed by atoms with Gasteiger partial charge in [0.25, 0.3) is 0 Å². The first-order chi connectivity index (χ1) is 8.58. The molecule has 0 unspecified atom stereocenters.